The van der Waals surface area contributed by atoms with Crippen LogP contribution in [0.25, 0.3) is 11.3 Å². The van der Waals surface area contributed by atoms with Gasteiger partial charge in [-0.15, -0.1) is 0 Å². The summed E-state index contributed by atoms with van der Waals surface area (Å²) < 4.78 is 0. The van der Waals surface area contributed by atoms with Crippen molar-refractivity contribution in [3.63, 3.8) is 0 Å². The number of carbonyl (C=O) groups is 1. The van der Waals surface area contributed by atoms with Gasteiger partial charge in [-0.3, -0.25) is 9.78 Å². The fourth-order valence-corrected chi connectivity index (χ4v) is 1.09. The second-order valence-electron chi connectivity index (χ2n) is 2.96. The summed E-state index contributed by atoms with van der Waals surface area (Å²) in [4.78, 5) is 14.0. The molecule has 14 heavy (non-hydrogen) atoms. The zero-order valence-corrected chi connectivity index (χ0v) is 7.55. The largest absolute Gasteiger partial charge is 0.298 e. The molecule has 0 N–H and O–H groups in total. The molecule has 1 heterocycles. The van der Waals surface area contributed by atoms with Crippen molar-refractivity contribution in [3.05, 3.63) is 54.2 Å². The average molecular weight is 183 g/mol. The predicted molar refractivity (Wildman–Crippen MR) is 55.1 cm³/mol. The van der Waals surface area contributed by atoms with Gasteiger partial charge < -0.3 is 0 Å². The lowest BCUT2D eigenvalue weighted by atomic mass is 10.2. The summed E-state index contributed by atoms with van der Waals surface area (Å²) in [6.45, 7) is 0. The number of carbonyl (C=O) groups excluding carboxylic acids is 1. The van der Waals surface area contributed by atoms with E-state index in [-0.39, 0.29) is 0 Å². The summed E-state index contributed by atoms with van der Waals surface area (Å²) in [5.74, 6) is 0. The molecule has 0 bridgehead atoms. The second kappa shape index (κ2) is 3.83. The van der Waals surface area contributed by atoms with Gasteiger partial charge in [-0.05, 0) is 12.1 Å². The van der Waals surface area contributed by atoms with Crippen molar-refractivity contribution in [2.75, 3.05) is 0 Å². The van der Waals surface area contributed by atoms with Gasteiger partial charge in [-0.1, -0.05) is 30.3 Å². The quantitative estimate of drug-likeness (QED) is 0.543. The molecule has 0 unspecified atom stereocenters. The van der Waals surface area contributed by atoms with Gasteiger partial charge in [0.25, 0.3) is 0 Å². The smallest absolute Gasteiger partial charge is 0.150 e. The highest BCUT2D eigenvalue weighted by Gasteiger charge is 2.09. The van der Waals surface area contributed by atoms with E-state index in [0.29, 0.717) is 0 Å². The Labute approximate surface area is 82.2 Å². The van der Waals surface area contributed by atoms with Gasteiger partial charge in [0.15, 0.2) is 0 Å². The molecule has 1 aromatic rings. The van der Waals surface area contributed by atoms with Crippen LogP contribution in [0.4, 0.5) is 0 Å². The first kappa shape index (κ1) is 8.63. The molecule has 0 atom stereocenters. The van der Waals surface area contributed by atoms with Crippen LogP contribution < -0.4 is 0 Å². The molecule has 0 amide bonds. The van der Waals surface area contributed by atoms with Gasteiger partial charge in [-0.2, -0.15) is 0 Å². The van der Waals surface area contributed by atoms with Crippen LogP contribution in [0.15, 0.2) is 48.7 Å². The third-order valence-electron chi connectivity index (χ3n) is 1.91. The summed E-state index contributed by atoms with van der Waals surface area (Å²) in [5.41, 5.74) is 3.22. The van der Waals surface area contributed by atoms with Gasteiger partial charge in [0.2, 0.25) is 0 Å². The highest BCUT2D eigenvalue weighted by molar-refractivity contribution is 5.75. The van der Waals surface area contributed by atoms with Crippen molar-refractivity contribution in [1.29, 1.82) is 0 Å². The molecule has 1 aliphatic carbocycles. The van der Waals surface area contributed by atoms with Crippen LogP contribution in [0, 0.1) is 0 Å². The van der Waals surface area contributed by atoms with Crippen molar-refractivity contribution in [2.24, 2.45) is 0 Å². The van der Waals surface area contributed by atoms with E-state index >= 15 is 0 Å². The molecule has 0 aromatic heterocycles. The Morgan fingerprint density at radius 2 is 1.86 bits per heavy atom. The lowest BCUT2D eigenvalue weighted by Gasteiger charge is -1.81. The number of rotatable bonds is 1. The van der Waals surface area contributed by atoms with Crippen LogP contribution in [0.1, 0.15) is 10.4 Å². The molecule has 2 aliphatic rings. The molecular weight excluding hydrogens is 174 g/mol. The van der Waals surface area contributed by atoms with Crippen molar-refractivity contribution < 1.29 is 4.79 Å². The molecule has 2 heteroatoms. The summed E-state index contributed by atoms with van der Waals surface area (Å²) in [7, 11) is 0. The molecule has 0 spiro atoms. The van der Waals surface area contributed by atoms with Gasteiger partial charge in [0.1, 0.15) is 6.29 Å². The van der Waals surface area contributed by atoms with Gasteiger partial charge in [0.05, 0.1) is 5.69 Å². The fraction of sp³-hybridized carbons (Fsp3) is 0. The van der Waals surface area contributed by atoms with Crippen molar-refractivity contribution in [1.82, 2.24) is 4.98 Å². The first-order valence-electron chi connectivity index (χ1n) is 4.37. The highest BCUT2D eigenvalue weighted by Crippen LogP contribution is 2.29. The van der Waals surface area contributed by atoms with E-state index in [9.17, 15) is 4.79 Å². The number of pyridine rings is 1. The first-order chi connectivity index (χ1) is 6.90. The maximum Gasteiger partial charge on any atom is 0.150 e. The molecule has 0 fully saturated rings. The summed E-state index contributed by atoms with van der Waals surface area (Å²) in [6, 6.07) is 13.2. The zero-order valence-electron chi connectivity index (χ0n) is 7.55. The molecule has 1 aliphatic heterocycles. The molecule has 0 saturated carbocycles. The minimum atomic E-state index is 0.729. The minimum Gasteiger partial charge on any atom is -0.298 e. The van der Waals surface area contributed by atoms with Crippen LogP contribution in [0.5, 0.6) is 0 Å². The maximum atomic E-state index is 10.0. The molecule has 68 valence electrons. The second-order valence-corrected chi connectivity index (χ2v) is 2.96. The SMILES string of the molecule is O=Cc1ccccc1.c1cc2cc-2n1. The molecule has 0 radical (unpaired) electrons. The first-order valence-corrected chi connectivity index (χ1v) is 4.37. The summed E-state index contributed by atoms with van der Waals surface area (Å²) >= 11 is 0. The average Bonchev–Trinajstić information content (AvgIpc) is 2.88. The Morgan fingerprint density at radius 1 is 1.07 bits per heavy atom. The van der Waals surface area contributed by atoms with E-state index in [1.807, 2.05) is 30.5 Å². The highest BCUT2D eigenvalue weighted by atomic mass is 16.1. The lowest BCUT2D eigenvalue weighted by molar-refractivity contribution is 0.112. The molecule has 1 aromatic carbocycles. The van der Waals surface area contributed by atoms with Crippen molar-refractivity contribution in [2.45, 2.75) is 0 Å². The topological polar surface area (TPSA) is 30.0 Å². The predicted octanol–water partition coefficient (Wildman–Crippen LogP) is 2.56. The Morgan fingerprint density at radius 3 is 2.14 bits per heavy atom. The van der Waals surface area contributed by atoms with Crippen LogP contribution in [-0.2, 0) is 0 Å². The van der Waals surface area contributed by atoms with E-state index in [0.717, 1.165) is 11.8 Å². The van der Waals surface area contributed by atoms with E-state index in [1.165, 1.54) is 11.3 Å². The zero-order chi connectivity index (χ0) is 9.80. The van der Waals surface area contributed by atoms with Gasteiger partial charge in [0, 0.05) is 17.3 Å². The van der Waals surface area contributed by atoms with Gasteiger partial charge >= 0.3 is 0 Å². The third kappa shape index (κ3) is 2.04. The summed E-state index contributed by atoms with van der Waals surface area (Å²) in [5, 5.41) is 0. The van der Waals surface area contributed by atoms with Crippen LogP contribution >= 0.6 is 0 Å². The van der Waals surface area contributed by atoms with Crippen molar-refractivity contribution in [3.8, 4) is 11.3 Å². The van der Waals surface area contributed by atoms with E-state index in [4.69, 9.17) is 0 Å². The maximum absolute atomic E-state index is 10.0. The van der Waals surface area contributed by atoms with Gasteiger partial charge in [-0.25, -0.2) is 0 Å². The number of nitrogens with zero attached hydrogens (tertiary/aromatic N) is 1. The number of aldehydes is 1. The van der Waals surface area contributed by atoms with E-state index < -0.39 is 0 Å². The minimum absolute atomic E-state index is 0.729. The lowest BCUT2D eigenvalue weighted by Crippen LogP contribution is -1.73. The number of fused-ring (bicyclic) bond motifs is 1. The normalized spacial score (nSPS) is 9.71. The number of hydrogen-bond donors (Lipinski definition) is 0. The van der Waals surface area contributed by atoms with Crippen LogP contribution in [0.3, 0.4) is 0 Å². The summed E-state index contributed by atoms with van der Waals surface area (Å²) in [6.07, 6.45) is 2.66. The standard InChI is InChI=1S/C7H6O.C5H3N/c8-6-7-4-2-1-3-5-7;1-2-6-5-3-4(1)5/h1-6H;1-3H. The number of aromatic nitrogens is 1. The molecular formula is C12H9NO. The molecule has 3 rings (SSSR count). The van der Waals surface area contributed by atoms with Crippen LogP contribution in [-0.4, -0.2) is 11.3 Å². The Kier molecular flexibility index (Phi) is 2.36. The molecule has 0 saturated heterocycles. The number of hydrogen-bond acceptors (Lipinski definition) is 2. The number of benzene rings is 1. The third-order valence-corrected chi connectivity index (χ3v) is 1.91. The van der Waals surface area contributed by atoms with E-state index in [2.05, 4.69) is 11.1 Å². The molecule has 2 nitrogen and oxygen atoms in total. The van der Waals surface area contributed by atoms with Crippen LogP contribution in [0.2, 0.25) is 0 Å². The van der Waals surface area contributed by atoms with Crippen molar-refractivity contribution >= 4 is 6.29 Å². The monoisotopic (exact) mass is 183 g/mol. The Balaban J connectivity index is 0.000000110. The Hall–Kier alpha value is -1.96. The Bertz CT molecular complexity index is 420. The van der Waals surface area contributed by atoms with E-state index in [1.54, 1.807) is 12.1 Å². The fourth-order valence-electron chi connectivity index (χ4n) is 1.09.